The summed E-state index contributed by atoms with van der Waals surface area (Å²) >= 11 is 0. The number of hydrogen-bond acceptors (Lipinski definition) is 5. The number of aryl methyl sites for hydroxylation is 1. The molecule has 1 fully saturated rings. The number of aliphatic hydroxyl groups is 1. The number of hydrogen-bond donors (Lipinski definition) is 1. The number of aromatic nitrogens is 2. The van der Waals surface area contributed by atoms with Gasteiger partial charge in [-0.1, -0.05) is 24.3 Å². The second-order valence-electron chi connectivity index (χ2n) is 6.76. The van der Waals surface area contributed by atoms with Crippen LogP contribution < -0.4 is 0 Å². The Bertz CT molecular complexity index is 723. The molecule has 0 amide bonds. The van der Waals surface area contributed by atoms with Crippen molar-refractivity contribution in [2.45, 2.75) is 38.3 Å². The lowest BCUT2D eigenvalue weighted by atomic mass is 9.87. The molecule has 134 valence electrons. The Morgan fingerprint density at radius 1 is 1.32 bits per heavy atom. The second-order valence-corrected chi connectivity index (χ2v) is 6.76. The van der Waals surface area contributed by atoms with Gasteiger partial charge < -0.3 is 10.0 Å². The zero-order valence-corrected chi connectivity index (χ0v) is 14.4. The second kappa shape index (κ2) is 7.76. The van der Waals surface area contributed by atoms with Gasteiger partial charge in [0.15, 0.2) is 0 Å². The van der Waals surface area contributed by atoms with E-state index in [9.17, 15) is 15.2 Å². The molecule has 7 nitrogen and oxygen atoms in total. The Kier molecular flexibility index (Phi) is 5.45. The van der Waals surface area contributed by atoms with E-state index in [1.165, 1.54) is 28.2 Å². The van der Waals surface area contributed by atoms with Gasteiger partial charge in [-0.05, 0) is 49.9 Å². The van der Waals surface area contributed by atoms with Crippen molar-refractivity contribution in [1.82, 2.24) is 14.7 Å². The van der Waals surface area contributed by atoms with Crippen molar-refractivity contribution in [2.24, 2.45) is 0 Å². The van der Waals surface area contributed by atoms with Crippen LogP contribution in [0.1, 0.15) is 29.9 Å². The molecule has 7 heteroatoms. The molecule has 2 aromatic rings. The molecule has 0 radical (unpaired) electrons. The summed E-state index contributed by atoms with van der Waals surface area (Å²) in [6, 6.07) is 8.55. The maximum atomic E-state index is 10.7. The van der Waals surface area contributed by atoms with Crippen LogP contribution in [0, 0.1) is 17.0 Å². The molecule has 1 aliphatic rings. The first-order valence-electron chi connectivity index (χ1n) is 8.65. The zero-order chi connectivity index (χ0) is 17.8. The molecule has 1 aliphatic heterocycles. The highest BCUT2D eigenvalue weighted by Gasteiger charge is 2.23. The summed E-state index contributed by atoms with van der Waals surface area (Å²) < 4.78 is 1.43. The van der Waals surface area contributed by atoms with Gasteiger partial charge in [-0.3, -0.25) is 14.8 Å². The molecule has 25 heavy (non-hydrogen) atoms. The smallest absolute Gasteiger partial charge is 0.306 e. The van der Waals surface area contributed by atoms with Gasteiger partial charge in [0.25, 0.3) is 0 Å². The average molecular weight is 344 g/mol. The Morgan fingerprint density at radius 3 is 2.68 bits per heavy atom. The molecule has 0 bridgehead atoms. The quantitative estimate of drug-likeness (QED) is 0.642. The van der Waals surface area contributed by atoms with Crippen LogP contribution in [0.25, 0.3) is 0 Å². The molecule has 1 N–H and O–H groups in total. The van der Waals surface area contributed by atoms with Gasteiger partial charge in [-0.15, -0.1) is 0 Å². The minimum absolute atomic E-state index is 0.0498. The monoisotopic (exact) mass is 344 g/mol. The van der Waals surface area contributed by atoms with Crippen molar-refractivity contribution in [1.29, 1.82) is 0 Å². The molecule has 1 atom stereocenters. The summed E-state index contributed by atoms with van der Waals surface area (Å²) in [6.07, 6.45) is 4.15. The predicted molar refractivity (Wildman–Crippen MR) is 94.5 cm³/mol. The van der Waals surface area contributed by atoms with Crippen LogP contribution in [-0.2, 0) is 6.54 Å². The Hall–Kier alpha value is -2.25. The first-order valence-corrected chi connectivity index (χ1v) is 8.65. The Balaban J connectivity index is 1.48. The molecule has 1 unspecified atom stereocenters. The minimum atomic E-state index is -0.588. The summed E-state index contributed by atoms with van der Waals surface area (Å²) in [5.41, 5.74) is 2.74. The number of nitro groups is 1. The fourth-order valence-electron chi connectivity index (χ4n) is 3.59. The standard InChI is InChI=1S/C18H24N4O3/c1-14-4-2-3-5-18(14)15-6-8-20(9-7-15)12-17(23)13-21-11-16(10-19-21)22(24)25/h2-5,10-11,15,17,23H,6-9,12-13H2,1H3. The zero-order valence-electron chi connectivity index (χ0n) is 14.4. The molecule has 3 rings (SSSR count). The minimum Gasteiger partial charge on any atom is -0.390 e. The van der Waals surface area contributed by atoms with Crippen molar-refractivity contribution >= 4 is 5.69 Å². The molecular weight excluding hydrogens is 320 g/mol. The van der Waals surface area contributed by atoms with Gasteiger partial charge in [0, 0.05) is 6.54 Å². The lowest BCUT2D eigenvalue weighted by molar-refractivity contribution is -0.385. The molecule has 1 aromatic carbocycles. The number of piperidine rings is 1. The van der Waals surface area contributed by atoms with Crippen LogP contribution in [-0.4, -0.2) is 50.4 Å². The largest absolute Gasteiger partial charge is 0.390 e. The fraction of sp³-hybridized carbons (Fsp3) is 0.500. The van der Waals surface area contributed by atoms with E-state index in [-0.39, 0.29) is 12.2 Å². The van der Waals surface area contributed by atoms with Gasteiger partial charge in [-0.25, -0.2) is 0 Å². The van der Waals surface area contributed by atoms with Crippen molar-refractivity contribution in [3.63, 3.8) is 0 Å². The molecule has 0 aliphatic carbocycles. The van der Waals surface area contributed by atoms with Crippen LogP contribution in [0.5, 0.6) is 0 Å². The molecule has 1 aromatic heterocycles. The summed E-state index contributed by atoms with van der Waals surface area (Å²) in [6.45, 7) is 4.90. The van der Waals surface area contributed by atoms with Gasteiger partial charge in [-0.2, -0.15) is 5.10 Å². The van der Waals surface area contributed by atoms with E-state index in [1.807, 2.05) is 0 Å². The van der Waals surface area contributed by atoms with Crippen molar-refractivity contribution in [3.05, 3.63) is 57.9 Å². The highest BCUT2D eigenvalue weighted by Crippen LogP contribution is 2.30. The topological polar surface area (TPSA) is 84.4 Å². The average Bonchev–Trinajstić information content (AvgIpc) is 3.05. The summed E-state index contributed by atoms with van der Waals surface area (Å²) in [5.74, 6) is 0.586. The van der Waals surface area contributed by atoms with E-state index in [1.54, 1.807) is 0 Å². The van der Waals surface area contributed by atoms with Crippen molar-refractivity contribution in [2.75, 3.05) is 19.6 Å². The van der Waals surface area contributed by atoms with Crippen molar-refractivity contribution < 1.29 is 10.0 Å². The van der Waals surface area contributed by atoms with Crippen LogP contribution in [0.3, 0.4) is 0 Å². The van der Waals surface area contributed by atoms with Crippen LogP contribution in [0.2, 0.25) is 0 Å². The molecule has 0 saturated carbocycles. The van der Waals surface area contributed by atoms with Crippen LogP contribution in [0.15, 0.2) is 36.7 Å². The Labute approximate surface area is 147 Å². The van der Waals surface area contributed by atoms with E-state index >= 15 is 0 Å². The molecule has 1 saturated heterocycles. The van der Waals surface area contributed by atoms with Gasteiger partial charge in [0.1, 0.15) is 12.4 Å². The van der Waals surface area contributed by atoms with Crippen LogP contribution >= 0.6 is 0 Å². The highest BCUT2D eigenvalue weighted by molar-refractivity contribution is 5.29. The third kappa shape index (κ3) is 4.43. The lowest BCUT2D eigenvalue weighted by Gasteiger charge is -2.33. The SMILES string of the molecule is Cc1ccccc1C1CCN(CC(O)Cn2cc([N+](=O)[O-])cn2)CC1. The third-order valence-corrected chi connectivity index (χ3v) is 4.91. The number of aliphatic hydroxyl groups excluding tert-OH is 1. The van der Waals surface area contributed by atoms with Gasteiger partial charge in [0.2, 0.25) is 0 Å². The Morgan fingerprint density at radius 2 is 2.04 bits per heavy atom. The number of rotatable bonds is 6. The first-order chi connectivity index (χ1) is 12.0. The van der Waals surface area contributed by atoms with Crippen LogP contribution in [0.4, 0.5) is 5.69 Å². The van der Waals surface area contributed by atoms with E-state index in [0.29, 0.717) is 12.5 Å². The summed E-state index contributed by atoms with van der Waals surface area (Å²) in [5, 5.41) is 24.9. The van der Waals surface area contributed by atoms with Crippen molar-refractivity contribution in [3.8, 4) is 0 Å². The lowest BCUT2D eigenvalue weighted by Crippen LogP contribution is -2.39. The number of β-amino-alcohol motifs (C(OH)–C–C–N with tert-alkyl or cyclic N) is 1. The summed E-state index contributed by atoms with van der Waals surface area (Å²) in [4.78, 5) is 12.5. The maximum Gasteiger partial charge on any atom is 0.306 e. The van der Waals surface area contributed by atoms with Gasteiger partial charge >= 0.3 is 5.69 Å². The van der Waals surface area contributed by atoms with E-state index in [4.69, 9.17) is 0 Å². The fourth-order valence-corrected chi connectivity index (χ4v) is 3.59. The highest BCUT2D eigenvalue weighted by atomic mass is 16.6. The normalized spacial score (nSPS) is 17.5. The van der Waals surface area contributed by atoms with E-state index in [2.05, 4.69) is 41.2 Å². The van der Waals surface area contributed by atoms with E-state index < -0.39 is 11.0 Å². The number of benzene rings is 1. The predicted octanol–water partition coefficient (Wildman–Crippen LogP) is 2.34. The molecule has 2 heterocycles. The molecular formula is C18H24N4O3. The maximum absolute atomic E-state index is 10.7. The van der Waals surface area contributed by atoms with Gasteiger partial charge in [0.05, 0.1) is 17.6 Å². The number of likely N-dealkylation sites (tertiary alicyclic amines) is 1. The third-order valence-electron chi connectivity index (χ3n) is 4.91. The molecule has 0 spiro atoms. The van der Waals surface area contributed by atoms with E-state index in [0.717, 1.165) is 25.9 Å². The number of nitrogens with zero attached hydrogens (tertiary/aromatic N) is 4. The summed E-state index contributed by atoms with van der Waals surface area (Å²) in [7, 11) is 0. The first kappa shape index (κ1) is 17.6.